The van der Waals surface area contributed by atoms with Crippen LogP contribution in [0.2, 0.25) is 0 Å². The summed E-state index contributed by atoms with van der Waals surface area (Å²) in [5.41, 5.74) is 4.80. The van der Waals surface area contributed by atoms with Crippen molar-refractivity contribution in [3.8, 4) is 11.4 Å². The smallest absolute Gasteiger partial charge is 0.255 e. The number of nitrogens with zero attached hydrogens (tertiary/aromatic N) is 3. The molecule has 0 fully saturated rings. The molecular formula is C24H24N4O2. The number of carbonyl (C=O) groups excluding carboxylic acids is 1. The molecular weight excluding hydrogens is 376 g/mol. The van der Waals surface area contributed by atoms with Crippen molar-refractivity contribution in [2.45, 2.75) is 26.7 Å². The van der Waals surface area contributed by atoms with Crippen molar-refractivity contribution in [2.24, 2.45) is 0 Å². The summed E-state index contributed by atoms with van der Waals surface area (Å²) >= 11 is 0. The largest absolute Gasteiger partial charge is 0.494 e. The number of ether oxygens (including phenoxy) is 1. The van der Waals surface area contributed by atoms with Gasteiger partial charge in [-0.15, -0.1) is 10.2 Å². The first-order chi connectivity index (χ1) is 14.6. The molecule has 3 aromatic carbocycles. The first-order valence-corrected chi connectivity index (χ1v) is 10.1. The summed E-state index contributed by atoms with van der Waals surface area (Å²) in [6, 6.07) is 20.7. The summed E-state index contributed by atoms with van der Waals surface area (Å²) < 4.78 is 5.64. The minimum atomic E-state index is -0.180. The summed E-state index contributed by atoms with van der Waals surface area (Å²) in [6.07, 6.45) is 2.10. The zero-order valence-electron chi connectivity index (χ0n) is 17.1. The topological polar surface area (TPSA) is 69.0 Å². The number of benzene rings is 3. The standard InChI is InChI=1S/C24H24N4O2/c1-3-4-15-30-21-12-7-18(8-13-21)24(29)25-19-9-14-22-23(16-19)27-28(26-22)20-10-5-17(2)6-11-20/h5-14,16H,3-4,15H2,1-2H3,(H,25,29). The predicted molar refractivity (Wildman–Crippen MR) is 118 cm³/mol. The quantitative estimate of drug-likeness (QED) is 0.435. The van der Waals surface area contributed by atoms with Gasteiger partial charge in [0.1, 0.15) is 16.8 Å². The molecule has 6 nitrogen and oxygen atoms in total. The molecule has 30 heavy (non-hydrogen) atoms. The van der Waals surface area contributed by atoms with Gasteiger partial charge in [-0.05, 0) is 67.9 Å². The van der Waals surface area contributed by atoms with Gasteiger partial charge in [0.2, 0.25) is 0 Å². The van der Waals surface area contributed by atoms with Gasteiger partial charge >= 0.3 is 0 Å². The average Bonchev–Trinajstić information content (AvgIpc) is 3.18. The molecule has 0 unspecified atom stereocenters. The Labute approximate surface area is 175 Å². The number of aryl methyl sites for hydroxylation is 1. The summed E-state index contributed by atoms with van der Waals surface area (Å²) in [5.74, 6) is 0.592. The number of nitrogens with one attached hydrogen (secondary N) is 1. The highest BCUT2D eigenvalue weighted by molar-refractivity contribution is 6.05. The van der Waals surface area contributed by atoms with Crippen LogP contribution in [0.25, 0.3) is 16.7 Å². The maximum Gasteiger partial charge on any atom is 0.255 e. The second-order valence-electron chi connectivity index (χ2n) is 7.21. The van der Waals surface area contributed by atoms with Gasteiger partial charge in [0, 0.05) is 11.3 Å². The number of rotatable bonds is 7. The Morgan fingerprint density at radius 2 is 1.70 bits per heavy atom. The van der Waals surface area contributed by atoms with E-state index in [1.165, 1.54) is 5.56 Å². The summed E-state index contributed by atoms with van der Waals surface area (Å²) in [7, 11) is 0. The molecule has 1 heterocycles. The highest BCUT2D eigenvalue weighted by Gasteiger charge is 2.09. The Kier molecular flexibility index (Phi) is 5.75. The predicted octanol–water partition coefficient (Wildman–Crippen LogP) is 5.16. The fraction of sp³-hybridized carbons (Fsp3) is 0.208. The van der Waals surface area contributed by atoms with E-state index in [-0.39, 0.29) is 5.91 Å². The lowest BCUT2D eigenvalue weighted by Crippen LogP contribution is -2.11. The molecule has 4 aromatic rings. The Hall–Kier alpha value is -3.67. The van der Waals surface area contributed by atoms with Crippen molar-refractivity contribution in [1.82, 2.24) is 15.0 Å². The molecule has 0 saturated heterocycles. The monoisotopic (exact) mass is 400 g/mol. The van der Waals surface area contributed by atoms with Gasteiger partial charge in [-0.3, -0.25) is 4.79 Å². The van der Waals surface area contributed by atoms with E-state index in [4.69, 9.17) is 4.74 Å². The zero-order chi connectivity index (χ0) is 20.9. The minimum Gasteiger partial charge on any atom is -0.494 e. The average molecular weight is 400 g/mol. The van der Waals surface area contributed by atoms with Crippen LogP contribution in [0.1, 0.15) is 35.7 Å². The van der Waals surface area contributed by atoms with Crippen molar-refractivity contribution in [2.75, 3.05) is 11.9 Å². The molecule has 0 spiro atoms. The van der Waals surface area contributed by atoms with E-state index in [1.807, 2.05) is 61.5 Å². The summed E-state index contributed by atoms with van der Waals surface area (Å²) in [4.78, 5) is 14.2. The maximum absolute atomic E-state index is 12.6. The van der Waals surface area contributed by atoms with Crippen LogP contribution >= 0.6 is 0 Å². The lowest BCUT2D eigenvalue weighted by molar-refractivity contribution is 0.102. The third-order valence-corrected chi connectivity index (χ3v) is 4.79. The Balaban J connectivity index is 1.46. The number of amides is 1. The van der Waals surface area contributed by atoms with Crippen LogP contribution in [-0.2, 0) is 0 Å². The third-order valence-electron chi connectivity index (χ3n) is 4.79. The van der Waals surface area contributed by atoms with Gasteiger partial charge in [0.15, 0.2) is 0 Å². The number of carbonyl (C=O) groups is 1. The van der Waals surface area contributed by atoms with Crippen LogP contribution in [-0.4, -0.2) is 27.5 Å². The first-order valence-electron chi connectivity index (χ1n) is 10.1. The summed E-state index contributed by atoms with van der Waals surface area (Å²) in [5, 5.41) is 12.0. The Bertz CT molecular complexity index is 1150. The molecule has 152 valence electrons. The zero-order valence-corrected chi connectivity index (χ0v) is 17.1. The Morgan fingerprint density at radius 1 is 0.967 bits per heavy atom. The van der Waals surface area contributed by atoms with Crippen molar-refractivity contribution in [3.63, 3.8) is 0 Å². The van der Waals surface area contributed by atoms with Gasteiger partial charge in [-0.2, -0.15) is 4.80 Å². The molecule has 1 N–H and O–H groups in total. The molecule has 0 aliphatic carbocycles. The van der Waals surface area contributed by atoms with E-state index in [9.17, 15) is 4.79 Å². The van der Waals surface area contributed by atoms with Gasteiger partial charge in [0.25, 0.3) is 5.91 Å². The summed E-state index contributed by atoms with van der Waals surface area (Å²) in [6.45, 7) is 4.85. The van der Waals surface area contributed by atoms with Crippen LogP contribution in [0, 0.1) is 6.92 Å². The van der Waals surface area contributed by atoms with Crippen LogP contribution in [0.5, 0.6) is 5.75 Å². The third kappa shape index (κ3) is 4.49. The highest BCUT2D eigenvalue weighted by atomic mass is 16.5. The van der Waals surface area contributed by atoms with Crippen LogP contribution < -0.4 is 10.1 Å². The lowest BCUT2D eigenvalue weighted by Gasteiger charge is -2.07. The molecule has 0 atom stereocenters. The maximum atomic E-state index is 12.6. The van der Waals surface area contributed by atoms with Crippen LogP contribution in [0.3, 0.4) is 0 Å². The fourth-order valence-corrected chi connectivity index (χ4v) is 3.03. The molecule has 6 heteroatoms. The second kappa shape index (κ2) is 8.78. The van der Waals surface area contributed by atoms with E-state index < -0.39 is 0 Å². The van der Waals surface area contributed by atoms with E-state index in [0.717, 1.165) is 29.8 Å². The van der Waals surface area contributed by atoms with Gasteiger partial charge in [0.05, 0.1) is 12.3 Å². The molecule has 0 saturated carbocycles. The normalized spacial score (nSPS) is 10.9. The van der Waals surface area contributed by atoms with Crippen LogP contribution in [0.4, 0.5) is 5.69 Å². The SMILES string of the molecule is CCCCOc1ccc(C(=O)Nc2ccc3nn(-c4ccc(C)cc4)nc3c2)cc1. The Morgan fingerprint density at radius 3 is 2.43 bits per heavy atom. The van der Waals surface area contributed by atoms with Crippen molar-refractivity contribution in [3.05, 3.63) is 77.9 Å². The second-order valence-corrected chi connectivity index (χ2v) is 7.21. The molecule has 4 rings (SSSR count). The lowest BCUT2D eigenvalue weighted by atomic mass is 10.2. The minimum absolute atomic E-state index is 0.180. The van der Waals surface area contributed by atoms with E-state index in [0.29, 0.717) is 23.4 Å². The van der Waals surface area contributed by atoms with E-state index >= 15 is 0 Å². The van der Waals surface area contributed by atoms with Crippen molar-refractivity contribution in [1.29, 1.82) is 0 Å². The number of anilines is 1. The molecule has 1 amide bonds. The molecule has 0 aliphatic heterocycles. The van der Waals surface area contributed by atoms with E-state index in [2.05, 4.69) is 22.4 Å². The van der Waals surface area contributed by atoms with E-state index in [1.54, 1.807) is 16.9 Å². The van der Waals surface area contributed by atoms with Crippen molar-refractivity contribution < 1.29 is 9.53 Å². The number of hydrogen-bond acceptors (Lipinski definition) is 4. The molecule has 1 aromatic heterocycles. The number of hydrogen-bond donors (Lipinski definition) is 1. The van der Waals surface area contributed by atoms with Gasteiger partial charge < -0.3 is 10.1 Å². The highest BCUT2D eigenvalue weighted by Crippen LogP contribution is 2.19. The molecule has 0 radical (unpaired) electrons. The molecule has 0 aliphatic rings. The van der Waals surface area contributed by atoms with Crippen LogP contribution in [0.15, 0.2) is 66.7 Å². The van der Waals surface area contributed by atoms with Gasteiger partial charge in [-0.1, -0.05) is 31.0 Å². The number of unbranched alkanes of at least 4 members (excludes halogenated alkanes) is 1. The van der Waals surface area contributed by atoms with Gasteiger partial charge in [-0.25, -0.2) is 0 Å². The molecule has 0 bridgehead atoms. The van der Waals surface area contributed by atoms with Crippen molar-refractivity contribution >= 4 is 22.6 Å². The first kappa shape index (κ1) is 19.6. The number of fused-ring (bicyclic) bond motifs is 1. The number of aromatic nitrogens is 3. The fourth-order valence-electron chi connectivity index (χ4n) is 3.03.